The molecule has 2 aliphatic carbocycles. The number of ketones is 3. The van der Waals surface area contributed by atoms with E-state index < -0.39 is 58.3 Å². The van der Waals surface area contributed by atoms with Gasteiger partial charge in [-0.3, -0.25) is 43.8 Å². The van der Waals surface area contributed by atoms with Crippen molar-refractivity contribution >= 4 is 81.2 Å². The minimum Gasteiger partial charge on any atom is -0.384 e. The summed E-state index contributed by atoms with van der Waals surface area (Å²) in [7, 11) is 0. The first kappa shape index (κ1) is 42.5. The van der Waals surface area contributed by atoms with Crippen LogP contribution in [0.4, 0.5) is 21.5 Å². The number of benzene rings is 4. The summed E-state index contributed by atoms with van der Waals surface area (Å²) in [4.78, 5) is 94.4. The number of halogens is 3. The van der Waals surface area contributed by atoms with Crippen molar-refractivity contribution in [3.05, 3.63) is 123 Å². The smallest absolute Gasteiger partial charge is 0.264 e. The summed E-state index contributed by atoms with van der Waals surface area (Å²) in [5.74, 6) is -4.34. The molecule has 324 valence electrons. The lowest BCUT2D eigenvalue weighted by atomic mass is 9.55. The van der Waals surface area contributed by atoms with Crippen LogP contribution in [0.2, 0.25) is 10.0 Å². The predicted octanol–water partition coefficient (Wildman–Crippen LogP) is 8.17. The van der Waals surface area contributed by atoms with E-state index in [-0.39, 0.29) is 64.9 Å². The van der Waals surface area contributed by atoms with Gasteiger partial charge in [0.2, 0.25) is 11.8 Å². The highest BCUT2D eigenvalue weighted by Crippen LogP contribution is 2.63. The van der Waals surface area contributed by atoms with E-state index in [1.165, 1.54) is 6.07 Å². The molecule has 4 amide bonds. The van der Waals surface area contributed by atoms with Gasteiger partial charge in [-0.05, 0) is 97.8 Å². The highest BCUT2D eigenvalue weighted by Gasteiger charge is 2.72. The molecule has 12 nitrogen and oxygen atoms in total. The fourth-order valence-electron chi connectivity index (χ4n) is 10.8. The molecule has 3 heterocycles. The van der Waals surface area contributed by atoms with Crippen LogP contribution < -0.4 is 21.3 Å². The van der Waals surface area contributed by atoms with Crippen LogP contribution in [0.3, 0.4) is 0 Å². The van der Waals surface area contributed by atoms with Gasteiger partial charge in [-0.25, -0.2) is 4.39 Å². The molecule has 3 aliphatic heterocycles. The molecule has 4 aromatic carbocycles. The molecule has 9 rings (SSSR count). The number of carbonyl (C=O) groups is 7. The number of amides is 4. The second kappa shape index (κ2) is 16.7. The van der Waals surface area contributed by atoms with Crippen molar-refractivity contribution < 1.29 is 38.0 Å². The quantitative estimate of drug-likeness (QED) is 0.0502. The number of hydrogen-bond acceptors (Lipinski definition) is 9. The van der Waals surface area contributed by atoms with E-state index in [4.69, 9.17) is 23.2 Å². The number of nitrogens with zero attached hydrogens (tertiary/aromatic N) is 1. The Morgan fingerprint density at radius 3 is 2.40 bits per heavy atom. The van der Waals surface area contributed by atoms with Gasteiger partial charge in [0.1, 0.15) is 17.0 Å². The Morgan fingerprint density at radius 1 is 0.873 bits per heavy atom. The molecular formula is C48H44Cl2FN5O7. The molecule has 15 heteroatoms. The fraction of sp³-hybridized carbons (Fsp3) is 0.354. The highest BCUT2D eigenvalue weighted by atomic mass is 35.5. The molecule has 1 saturated heterocycles. The topological polar surface area (TPSA) is 171 Å². The standard InChI is InChI=1S/C48H44Cl2FN5O7/c49-27-15-19-32-35(24-27)54-46(63)48(32)40(31-9-6-10-33(50)41(31)51)42(55-47(48)21-3-1-4-22-47)43(60)53-28-16-13-26(14-17-28)37(58)12-2-5-23-52-34-11-7-8-30-39(34)45(62)56(44(30)61)36-20-18-29(57)25-38(36)59/h6-11,13-17,19,24,36,40,42,52,55H,1-5,12,18,20-23,25H2,(H,53,60)(H,54,63)/t36?,40-,42+,48+/m0/s1. The molecule has 3 fully saturated rings. The van der Waals surface area contributed by atoms with Crippen molar-refractivity contribution in [1.29, 1.82) is 0 Å². The average Bonchev–Trinajstić information content (AvgIpc) is 3.82. The Morgan fingerprint density at radius 2 is 1.63 bits per heavy atom. The van der Waals surface area contributed by atoms with Crippen molar-refractivity contribution in [1.82, 2.24) is 10.2 Å². The van der Waals surface area contributed by atoms with Gasteiger partial charge in [0.05, 0.1) is 34.7 Å². The van der Waals surface area contributed by atoms with Crippen molar-refractivity contribution in [3.63, 3.8) is 0 Å². The molecule has 4 atom stereocenters. The zero-order valence-corrected chi connectivity index (χ0v) is 35.7. The zero-order chi connectivity index (χ0) is 44.2. The van der Waals surface area contributed by atoms with Gasteiger partial charge in [0, 0.05) is 58.5 Å². The van der Waals surface area contributed by atoms with Crippen molar-refractivity contribution in [2.45, 2.75) is 99.6 Å². The maximum Gasteiger partial charge on any atom is 0.264 e. The van der Waals surface area contributed by atoms with Gasteiger partial charge in [-0.1, -0.05) is 66.7 Å². The molecule has 0 aromatic heterocycles. The number of hydrogen-bond donors (Lipinski definition) is 4. The summed E-state index contributed by atoms with van der Waals surface area (Å²) in [6, 6.07) is 19.3. The van der Waals surface area contributed by atoms with E-state index in [0.29, 0.717) is 65.4 Å². The van der Waals surface area contributed by atoms with Crippen LogP contribution in [0.25, 0.3) is 0 Å². The van der Waals surface area contributed by atoms with Crippen LogP contribution in [-0.4, -0.2) is 70.0 Å². The van der Waals surface area contributed by atoms with E-state index in [1.54, 1.807) is 72.8 Å². The zero-order valence-electron chi connectivity index (χ0n) is 34.2. The number of anilines is 3. The van der Waals surface area contributed by atoms with E-state index in [2.05, 4.69) is 21.3 Å². The molecule has 2 spiro atoms. The number of Topliss-reactive ketones (excluding diaryl/α,β-unsaturated/α-hetero) is 3. The molecule has 2 saturated carbocycles. The van der Waals surface area contributed by atoms with Crippen LogP contribution in [-0.2, 0) is 24.6 Å². The monoisotopic (exact) mass is 891 g/mol. The number of imide groups is 1. The first-order valence-corrected chi connectivity index (χ1v) is 22.2. The normalized spacial score (nSPS) is 23.6. The minimum atomic E-state index is -1.37. The second-order valence-corrected chi connectivity index (χ2v) is 18.0. The third kappa shape index (κ3) is 7.14. The Balaban J connectivity index is 0.866. The van der Waals surface area contributed by atoms with Crippen LogP contribution in [0.5, 0.6) is 0 Å². The molecule has 0 bridgehead atoms. The number of fused-ring (bicyclic) bond motifs is 4. The van der Waals surface area contributed by atoms with Crippen LogP contribution in [0, 0.1) is 5.82 Å². The van der Waals surface area contributed by atoms with Crippen molar-refractivity contribution in [2.24, 2.45) is 0 Å². The molecule has 4 aromatic rings. The van der Waals surface area contributed by atoms with Crippen molar-refractivity contribution in [2.75, 3.05) is 22.5 Å². The number of nitrogens with one attached hydrogen (secondary N) is 4. The van der Waals surface area contributed by atoms with Crippen molar-refractivity contribution in [3.8, 4) is 0 Å². The first-order valence-electron chi connectivity index (χ1n) is 21.4. The molecule has 4 N–H and O–H groups in total. The Labute approximate surface area is 372 Å². The Kier molecular flexibility index (Phi) is 11.3. The first-order chi connectivity index (χ1) is 30.3. The lowest BCUT2D eigenvalue weighted by Gasteiger charge is -2.47. The third-order valence-electron chi connectivity index (χ3n) is 13.6. The van der Waals surface area contributed by atoms with Gasteiger partial charge in [0.25, 0.3) is 11.8 Å². The summed E-state index contributed by atoms with van der Waals surface area (Å²) >= 11 is 12.8. The van der Waals surface area contributed by atoms with Gasteiger partial charge in [-0.15, -0.1) is 0 Å². The maximum absolute atomic E-state index is 16.2. The van der Waals surface area contributed by atoms with E-state index in [0.717, 1.165) is 24.2 Å². The summed E-state index contributed by atoms with van der Waals surface area (Å²) in [5, 5.41) is 13.2. The van der Waals surface area contributed by atoms with Crippen LogP contribution in [0.15, 0.2) is 78.9 Å². The second-order valence-electron chi connectivity index (χ2n) is 17.2. The number of rotatable bonds is 11. The van der Waals surface area contributed by atoms with E-state index in [9.17, 15) is 33.6 Å². The van der Waals surface area contributed by atoms with E-state index >= 15 is 4.39 Å². The van der Waals surface area contributed by atoms with E-state index in [1.807, 2.05) is 0 Å². The van der Waals surface area contributed by atoms with Crippen LogP contribution >= 0.6 is 23.2 Å². The number of unbranched alkanes of at least 4 members (excludes halogenated alkanes) is 1. The molecular weight excluding hydrogens is 848 g/mol. The van der Waals surface area contributed by atoms with Gasteiger partial charge >= 0.3 is 0 Å². The summed E-state index contributed by atoms with van der Waals surface area (Å²) in [5.41, 5.74) is 0.790. The largest absolute Gasteiger partial charge is 0.384 e. The third-order valence-corrected chi connectivity index (χ3v) is 14.2. The Bertz CT molecular complexity index is 2610. The predicted molar refractivity (Wildman–Crippen MR) is 235 cm³/mol. The summed E-state index contributed by atoms with van der Waals surface area (Å²) in [6.07, 6.45) is 5.03. The minimum absolute atomic E-state index is 0.110. The molecule has 0 radical (unpaired) electrons. The summed E-state index contributed by atoms with van der Waals surface area (Å²) in [6.45, 7) is 0.409. The van der Waals surface area contributed by atoms with Gasteiger partial charge in [-0.2, -0.15) is 0 Å². The lowest BCUT2D eigenvalue weighted by molar-refractivity contribution is -0.132. The fourth-order valence-corrected chi connectivity index (χ4v) is 11.2. The SMILES string of the molecule is O=C1CCC(N2C(=O)c3cccc(NCCCCC(=O)c4ccc(NC(=O)[C@@H]5NC6(CCCCC6)[C@@]6(C(=O)Nc7cc(Cl)ccc76)[C@H]5c5cccc(Cl)c5F)cc4)c3C2=O)C(=O)C1. The lowest BCUT2D eigenvalue weighted by Crippen LogP contribution is -2.60. The number of carbonyl (C=O) groups excluding carboxylic acids is 7. The average molecular weight is 893 g/mol. The van der Waals surface area contributed by atoms with Gasteiger partial charge < -0.3 is 16.0 Å². The molecule has 1 unspecified atom stereocenters. The van der Waals surface area contributed by atoms with Gasteiger partial charge in [0.15, 0.2) is 11.6 Å². The maximum atomic E-state index is 16.2. The molecule has 63 heavy (non-hydrogen) atoms. The Hall–Kier alpha value is -5.76. The highest BCUT2D eigenvalue weighted by molar-refractivity contribution is 6.31. The molecule has 5 aliphatic rings. The van der Waals surface area contributed by atoms with Crippen LogP contribution in [0.1, 0.15) is 119 Å². The summed E-state index contributed by atoms with van der Waals surface area (Å²) < 4.78 is 16.2.